The van der Waals surface area contributed by atoms with Gasteiger partial charge in [-0.15, -0.1) is 0 Å². The largest absolute Gasteiger partial charge is 0.344 e. The van der Waals surface area contributed by atoms with Crippen LogP contribution in [0.3, 0.4) is 0 Å². The van der Waals surface area contributed by atoms with Gasteiger partial charge in [-0.05, 0) is 18.2 Å². The van der Waals surface area contributed by atoms with Crippen molar-refractivity contribution in [1.82, 2.24) is 14.7 Å². The number of amides is 1. The highest BCUT2D eigenvalue weighted by Gasteiger charge is 2.29. The third-order valence-electron chi connectivity index (χ3n) is 2.65. The van der Waals surface area contributed by atoms with Gasteiger partial charge in [0.05, 0.1) is 11.2 Å². The van der Waals surface area contributed by atoms with Gasteiger partial charge in [0.15, 0.2) is 0 Å². The van der Waals surface area contributed by atoms with Crippen LogP contribution in [-0.2, 0) is 9.84 Å². The van der Waals surface area contributed by atoms with Crippen LogP contribution >= 0.6 is 11.6 Å². The molecule has 0 saturated heterocycles. The average Bonchev–Trinajstić information content (AvgIpc) is 2.83. The van der Waals surface area contributed by atoms with E-state index in [1.54, 1.807) is 0 Å². The summed E-state index contributed by atoms with van der Waals surface area (Å²) in [6.07, 6.45) is 0.980. The van der Waals surface area contributed by atoms with E-state index in [2.05, 4.69) is 5.10 Å². The van der Waals surface area contributed by atoms with Crippen LogP contribution in [0.25, 0.3) is 0 Å². The number of hydrogen-bond donors (Lipinski definition) is 0. The Bertz CT molecular complexity index is 849. The summed E-state index contributed by atoms with van der Waals surface area (Å²) < 4.78 is 52.2. The molecule has 1 aromatic heterocycles. The Morgan fingerprint density at radius 3 is 2.55 bits per heavy atom. The van der Waals surface area contributed by atoms with Crippen molar-refractivity contribution in [2.75, 3.05) is 14.1 Å². The van der Waals surface area contributed by atoms with Gasteiger partial charge in [0.1, 0.15) is 16.5 Å². The Hall–Kier alpha value is -2.00. The lowest BCUT2D eigenvalue weighted by Crippen LogP contribution is -2.27. The molecule has 6 nitrogen and oxygen atoms in total. The predicted molar refractivity (Wildman–Crippen MR) is 73.5 cm³/mol. The monoisotopic (exact) mass is 349 g/mol. The fraction of sp³-hybridized carbons (Fsp3) is 0.167. The molecule has 10 heteroatoms. The van der Waals surface area contributed by atoms with Gasteiger partial charge in [0.25, 0.3) is 0 Å². The van der Waals surface area contributed by atoms with E-state index in [4.69, 9.17) is 11.6 Å². The highest BCUT2D eigenvalue weighted by Crippen LogP contribution is 2.28. The van der Waals surface area contributed by atoms with Crippen molar-refractivity contribution in [2.45, 2.75) is 9.92 Å². The lowest BCUT2D eigenvalue weighted by molar-refractivity contribution is 0.215. The second kappa shape index (κ2) is 5.65. The summed E-state index contributed by atoms with van der Waals surface area (Å²) >= 11 is 5.77. The van der Waals surface area contributed by atoms with E-state index < -0.39 is 37.4 Å². The average molecular weight is 350 g/mol. The molecule has 2 rings (SSSR count). The number of rotatable bonds is 2. The van der Waals surface area contributed by atoms with Crippen LogP contribution < -0.4 is 0 Å². The molecular formula is C12H10ClF2N3O3S. The maximum Gasteiger partial charge on any atom is 0.344 e. The van der Waals surface area contributed by atoms with Crippen molar-refractivity contribution in [3.8, 4) is 0 Å². The van der Waals surface area contributed by atoms with E-state index in [-0.39, 0.29) is 5.02 Å². The van der Waals surface area contributed by atoms with E-state index in [9.17, 15) is 22.0 Å². The summed E-state index contributed by atoms with van der Waals surface area (Å²) in [6.45, 7) is 0. The second-order valence-corrected chi connectivity index (χ2v) is 6.72. The molecule has 0 atom stereocenters. The van der Waals surface area contributed by atoms with Gasteiger partial charge in [-0.1, -0.05) is 11.6 Å². The highest BCUT2D eigenvalue weighted by molar-refractivity contribution is 7.91. The topological polar surface area (TPSA) is 72.3 Å². The van der Waals surface area contributed by atoms with Gasteiger partial charge in [-0.2, -0.15) is 9.78 Å². The van der Waals surface area contributed by atoms with Crippen LogP contribution in [0.5, 0.6) is 0 Å². The quantitative estimate of drug-likeness (QED) is 0.833. The zero-order chi connectivity index (χ0) is 16.7. The molecule has 0 bridgehead atoms. The van der Waals surface area contributed by atoms with Gasteiger partial charge >= 0.3 is 6.03 Å². The van der Waals surface area contributed by atoms with Crippen LogP contribution in [0.15, 0.2) is 34.3 Å². The smallest absolute Gasteiger partial charge is 0.329 e. The van der Waals surface area contributed by atoms with E-state index in [1.807, 2.05) is 0 Å². The van der Waals surface area contributed by atoms with Crippen molar-refractivity contribution in [3.63, 3.8) is 0 Å². The molecule has 1 aromatic carbocycles. The molecule has 118 valence electrons. The Kier molecular flexibility index (Phi) is 4.21. The number of carbonyl (C=O) groups excluding carboxylic acids is 1. The summed E-state index contributed by atoms with van der Waals surface area (Å²) in [7, 11) is -1.65. The van der Waals surface area contributed by atoms with Crippen molar-refractivity contribution in [2.24, 2.45) is 0 Å². The molecular weight excluding hydrogens is 340 g/mol. The van der Waals surface area contributed by atoms with Gasteiger partial charge in [0.2, 0.25) is 14.9 Å². The number of carbonyl (C=O) groups is 1. The molecule has 2 aromatic rings. The van der Waals surface area contributed by atoms with E-state index >= 15 is 0 Å². The van der Waals surface area contributed by atoms with Crippen LogP contribution in [0.4, 0.5) is 13.6 Å². The molecule has 0 fully saturated rings. The minimum Gasteiger partial charge on any atom is -0.329 e. The zero-order valence-corrected chi connectivity index (χ0v) is 13.0. The minimum atomic E-state index is -4.51. The predicted octanol–water partition coefficient (Wildman–Crippen LogP) is 2.18. The van der Waals surface area contributed by atoms with Gasteiger partial charge in [-0.3, -0.25) is 0 Å². The van der Waals surface area contributed by atoms with Crippen LogP contribution in [0.2, 0.25) is 5.02 Å². The molecule has 0 aliphatic carbocycles. The van der Waals surface area contributed by atoms with E-state index in [1.165, 1.54) is 14.1 Å². The second-order valence-electron chi connectivity index (χ2n) is 4.48. The first-order valence-corrected chi connectivity index (χ1v) is 7.67. The molecule has 0 unspecified atom stereocenters. The highest BCUT2D eigenvalue weighted by atomic mass is 35.5. The number of sulfone groups is 1. The summed E-state index contributed by atoms with van der Waals surface area (Å²) in [5.41, 5.74) is 0. The molecule has 0 saturated carbocycles. The molecule has 1 heterocycles. The van der Waals surface area contributed by atoms with Crippen LogP contribution in [-0.4, -0.2) is 43.2 Å². The Morgan fingerprint density at radius 1 is 1.32 bits per heavy atom. The third-order valence-corrected chi connectivity index (χ3v) is 4.75. The first kappa shape index (κ1) is 16.4. The Balaban J connectivity index is 2.60. The standard InChI is InChI=1S/C12H10ClF2N3O3S/c1-17(2)12(19)18-6-8(13)11(16-18)22(20,21)10-5-7(14)3-4-9(10)15/h3-6H,1-2H3. The van der Waals surface area contributed by atoms with Crippen molar-refractivity contribution >= 4 is 27.5 Å². The first-order valence-electron chi connectivity index (χ1n) is 5.81. The van der Waals surface area contributed by atoms with Crippen molar-refractivity contribution in [3.05, 3.63) is 41.1 Å². The van der Waals surface area contributed by atoms with Crippen molar-refractivity contribution in [1.29, 1.82) is 0 Å². The maximum atomic E-state index is 13.7. The maximum absolute atomic E-state index is 13.7. The van der Waals surface area contributed by atoms with Crippen molar-refractivity contribution < 1.29 is 22.0 Å². The molecule has 0 aliphatic heterocycles. The fourth-order valence-corrected chi connectivity index (χ4v) is 3.35. The van der Waals surface area contributed by atoms with Gasteiger partial charge in [-0.25, -0.2) is 22.0 Å². The van der Waals surface area contributed by atoms with Crippen LogP contribution in [0.1, 0.15) is 0 Å². The summed E-state index contributed by atoms with van der Waals surface area (Å²) in [4.78, 5) is 12.0. The summed E-state index contributed by atoms with van der Waals surface area (Å²) in [5, 5.41) is 2.46. The molecule has 22 heavy (non-hydrogen) atoms. The lowest BCUT2D eigenvalue weighted by atomic mass is 10.3. The SMILES string of the molecule is CN(C)C(=O)n1cc(Cl)c(S(=O)(=O)c2cc(F)ccc2F)n1. The Labute approximate surface area is 129 Å². The fourth-order valence-electron chi connectivity index (χ4n) is 1.61. The molecule has 0 N–H and O–H groups in total. The third kappa shape index (κ3) is 2.81. The molecule has 0 aliphatic rings. The Morgan fingerprint density at radius 2 is 1.95 bits per heavy atom. The normalized spacial score (nSPS) is 11.5. The number of hydrogen-bond acceptors (Lipinski definition) is 4. The van der Waals surface area contributed by atoms with E-state index in [0.29, 0.717) is 16.8 Å². The van der Waals surface area contributed by atoms with Gasteiger partial charge in [0, 0.05) is 14.1 Å². The van der Waals surface area contributed by atoms with Gasteiger partial charge < -0.3 is 4.90 Å². The number of nitrogens with zero attached hydrogens (tertiary/aromatic N) is 3. The first-order chi connectivity index (χ1) is 10.1. The van der Waals surface area contributed by atoms with Crippen LogP contribution in [0, 0.1) is 11.6 Å². The summed E-state index contributed by atoms with van der Waals surface area (Å²) in [5.74, 6) is -2.08. The lowest BCUT2D eigenvalue weighted by Gasteiger charge is -2.08. The number of halogens is 3. The summed E-state index contributed by atoms with van der Waals surface area (Å²) in [6, 6.07) is 1.33. The minimum absolute atomic E-state index is 0.376. The van der Waals surface area contributed by atoms with E-state index in [0.717, 1.165) is 17.2 Å². The molecule has 0 radical (unpaired) electrons. The molecule has 1 amide bonds. The number of aromatic nitrogens is 2. The zero-order valence-electron chi connectivity index (χ0n) is 11.4. The molecule has 0 spiro atoms. The number of benzene rings is 1.